The van der Waals surface area contributed by atoms with Crippen LogP contribution < -0.4 is 0 Å². The third-order valence-corrected chi connectivity index (χ3v) is 4.28. The van der Waals surface area contributed by atoms with Crippen molar-refractivity contribution >= 4 is 29.2 Å². The van der Waals surface area contributed by atoms with Crippen molar-refractivity contribution in [2.45, 2.75) is 33.1 Å². The zero-order chi connectivity index (χ0) is 15.8. The molecule has 5 heteroatoms. The lowest BCUT2D eigenvalue weighted by molar-refractivity contribution is -0.148. The highest BCUT2D eigenvalue weighted by Gasteiger charge is 2.26. The van der Waals surface area contributed by atoms with Crippen LogP contribution in [-0.4, -0.2) is 30.6 Å². The van der Waals surface area contributed by atoms with Crippen molar-refractivity contribution in [2.24, 2.45) is 5.92 Å². The molecular formula is C16H23Cl2NO2. The number of hydrogen-bond acceptors (Lipinski definition) is 3. The zero-order valence-electron chi connectivity index (χ0n) is 12.7. The fourth-order valence-corrected chi connectivity index (χ4v) is 2.96. The van der Waals surface area contributed by atoms with Crippen LogP contribution in [0.25, 0.3) is 0 Å². The summed E-state index contributed by atoms with van der Waals surface area (Å²) in [7, 11) is 0. The summed E-state index contributed by atoms with van der Waals surface area (Å²) < 4.78 is 5.12. The van der Waals surface area contributed by atoms with E-state index < -0.39 is 0 Å². The summed E-state index contributed by atoms with van der Waals surface area (Å²) in [5, 5.41) is 1.14. The lowest BCUT2D eigenvalue weighted by Gasteiger charge is -2.26. The average molecular weight is 332 g/mol. The first kappa shape index (κ1) is 18.1. The molecular weight excluding hydrogens is 309 g/mol. The average Bonchev–Trinajstić information content (AvgIpc) is 2.73. The van der Waals surface area contributed by atoms with Gasteiger partial charge in [0.15, 0.2) is 0 Å². The van der Waals surface area contributed by atoms with Gasteiger partial charge in [-0.2, -0.15) is 0 Å². The molecule has 1 saturated heterocycles. The van der Waals surface area contributed by atoms with Gasteiger partial charge in [0.25, 0.3) is 0 Å². The molecule has 3 nitrogen and oxygen atoms in total. The maximum absolute atomic E-state index is 11.9. The Bertz CT molecular complexity index is 444. The molecule has 118 valence electrons. The molecule has 0 aromatic carbocycles. The standard InChI is InChI=1S/C16H23Cl2NO2/c1-4-13(17)15(14(18)5-2)19-10-7-8-12(9-11-19)16(20)21-6-3/h4-5,12H,1,6-11H2,2-3H3/b14-5+,15-13-. The smallest absolute Gasteiger partial charge is 0.308 e. The van der Waals surface area contributed by atoms with Crippen molar-refractivity contribution in [1.29, 1.82) is 0 Å². The Kier molecular flexibility index (Phi) is 7.91. The molecule has 0 saturated carbocycles. The van der Waals surface area contributed by atoms with E-state index in [0.29, 0.717) is 16.7 Å². The third-order valence-electron chi connectivity index (χ3n) is 3.55. The number of hydrogen-bond donors (Lipinski definition) is 0. The van der Waals surface area contributed by atoms with Crippen LogP contribution in [0.4, 0.5) is 0 Å². The van der Waals surface area contributed by atoms with Gasteiger partial charge in [-0.1, -0.05) is 35.9 Å². The minimum atomic E-state index is -0.100. The lowest BCUT2D eigenvalue weighted by Crippen LogP contribution is -2.26. The van der Waals surface area contributed by atoms with E-state index in [9.17, 15) is 4.79 Å². The van der Waals surface area contributed by atoms with Gasteiger partial charge in [-0.25, -0.2) is 0 Å². The van der Waals surface area contributed by atoms with Gasteiger partial charge in [0.05, 0.1) is 28.3 Å². The van der Waals surface area contributed by atoms with Gasteiger partial charge in [0.2, 0.25) is 0 Å². The normalized spacial score (nSPS) is 21.4. The summed E-state index contributed by atoms with van der Waals surface area (Å²) >= 11 is 12.5. The first-order chi connectivity index (χ1) is 10.0. The summed E-state index contributed by atoms with van der Waals surface area (Å²) in [6.07, 6.45) is 5.90. The molecule has 0 amide bonds. The van der Waals surface area contributed by atoms with Gasteiger partial charge in [-0.15, -0.1) is 0 Å². The zero-order valence-corrected chi connectivity index (χ0v) is 14.2. The molecule has 0 N–H and O–H groups in total. The Morgan fingerprint density at radius 1 is 1.38 bits per heavy atom. The Labute approximate surface area is 137 Å². The number of carbonyl (C=O) groups is 1. The first-order valence-corrected chi connectivity index (χ1v) is 8.06. The number of carbonyl (C=O) groups excluding carboxylic acids is 1. The Balaban J connectivity index is 2.86. The lowest BCUT2D eigenvalue weighted by atomic mass is 10.0. The highest BCUT2D eigenvalue weighted by molar-refractivity contribution is 6.36. The van der Waals surface area contributed by atoms with E-state index >= 15 is 0 Å². The predicted molar refractivity (Wildman–Crippen MR) is 88.2 cm³/mol. The molecule has 1 unspecified atom stereocenters. The molecule has 0 aromatic heterocycles. The fraction of sp³-hybridized carbons (Fsp3) is 0.562. The van der Waals surface area contributed by atoms with Crippen LogP contribution in [0.2, 0.25) is 0 Å². The minimum absolute atomic E-state index is 0.0388. The second-order valence-electron chi connectivity index (χ2n) is 4.90. The number of likely N-dealkylation sites (tertiary alicyclic amines) is 1. The van der Waals surface area contributed by atoms with E-state index in [0.717, 1.165) is 38.0 Å². The maximum atomic E-state index is 11.9. The highest BCUT2D eigenvalue weighted by Crippen LogP contribution is 2.29. The number of ether oxygens (including phenoxy) is 1. The van der Waals surface area contributed by atoms with E-state index in [-0.39, 0.29) is 11.9 Å². The van der Waals surface area contributed by atoms with Crippen LogP contribution in [0, 0.1) is 5.92 Å². The van der Waals surface area contributed by atoms with Crippen molar-refractivity contribution in [2.75, 3.05) is 19.7 Å². The molecule has 1 atom stereocenters. The van der Waals surface area contributed by atoms with Crippen LogP contribution in [0.3, 0.4) is 0 Å². The highest BCUT2D eigenvalue weighted by atomic mass is 35.5. The largest absolute Gasteiger partial charge is 0.466 e. The summed E-state index contributed by atoms with van der Waals surface area (Å²) in [5.74, 6) is -0.139. The predicted octanol–water partition coefficient (Wildman–Crippen LogP) is 4.43. The van der Waals surface area contributed by atoms with Crippen molar-refractivity contribution < 1.29 is 9.53 Å². The number of nitrogens with zero attached hydrogens (tertiary/aromatic N) is 1. The van der Waals surface area contributed by atoms with Gasteiger partial charge in [0.1, 0.15) is 0 Å². The van der Waals surface area contributed by atoms with E-state index in [1.54, 1.807) is 6.08 Å². The Hall–Kier alpha value is -0.930. The van der Waals surface area contributed by atoms with Crippen LogP contribution in [0.1, 0.15) is 33.1 Å². The molecule has 1 fully saturated rings. The number of esters is 1. The SMILES string of the molecule is C=C/C(Cl)=C(\C(Cl)=C/C)N1CCCC(C(=O)OCC)CC1. The van der Waals surface area contributed by atoms with Crippen LogP contribution in [-0.2, 0) is 9.53 Å². The van der Waals surface area contributed by atoms with Crippen LogP contribution in [0.15, 0.2) is 34.5 Å². The topological polar surface area (TPSA) is 29.5 Å². The van der Waals surface area contributed by atoms with E-state index in [1.165, 1.54) is 0 Å². The first-order valence-electron chi connectivity index (χ1n) is 7.31. The van der Waals surface area contributed by atoms with Crippen molar-refractivity contribution in [1.82, 2.24) is 4.90 Å². The number of allylic oxidation sites excluding steroid dienone is 4. The van der Waals surface area contributed by atoms with E-state index in [2.05, 4.69) is 11.5 Å². The molecule has 0 aromatic rings. The fourth-order valence-electron chi connectivity index (χ4n) is 2.47. The van der Waals surface area contributed by atoms with Crippen molar-refractivity contribution in [3.8, 4) is 0 Å². The van der Waals surface area contributed by atoms with Crippen LogP contribution >= 0.6 is 23.2 Å². The number of rotatable bonds is 5. The second-order valence-corrected chi connectivity index (χ2v) is 5.72. The quantitative estimate of drug-likeness (QED) is 0.551. The second kappa shape index (κ2) is 9.16. The molecule has 1 aliphatic heterocycles. The molecule has 1 heterocycles. The van der Waals surface area contributed by atoms with Gasteiger partial charge >= 0.3 is 5.97 Å². The van der Waals surface area contributed by atoms with E-state index in [1.807, 2.05) is 19.9 Å². The molecule has 0 aliphatic carbocycles. The number of halogens is 2. The molecule has 21 heavy (non-hydrogen) atoms. The minimum Gasteiger partial charge on any atom is -0.466 e. The van der Waals surface area contributed by atoms with Crippen LogP contribution in [0.5, 0.6) is 0 Å². The third kappa shape index (κ3) is 5.08. The summed E-state index contributed by atoms with van der Waals surface area (Å²) in [6, 6.07) is 0. The summed E-state index contributed by atoms with van der Waals surface area (Å²) in [6.45, 7) is 9.38. The van der Waals surface area contributed by atoms with Crippen molar-refractivity contribution in [3.05, 3.63) is 34.5 Å². The monoisotopic (exact) mass is 331 g/mol. The molecule has 0 radical (unpaired) electrons. The molecule has 1 aliphatic rings. The molecule has 0 bridgehead atoms. The maximum Gasteiger partial charge on any atom is 0.308 e. The van der Waals surface area contributed by atoms with Gasteiger partial charge in [-0.05, 0) is 39.2 Å². The Morgan fingerprint density at radius 2 is 2.10 bits per heavy atom. The molecule has 1 rings (SSSR count). The van der Waals surface area contributed by atoms with Gasteiger partial charge in [0, 0.05) is 13.1 Å². The summed E-state index contributed by atoms with van der Waals surface area (Å²) in [5.41, 5.74) is 0.792. The summed E-state index contributed by atoms with van der Waals surface area (Å²) in [4.78, 5) is 14.0. The molecule has 0 spiro atoms. The van der Waals surface area contributed by atoms with Gasteiger partial charge in [-0.3, -0.25) is 4.79 Å². The van der Waals surface area contributed by atoms with E-state index in [4.69, 9.17) is 27.9 Å². The van der Waals surface area contributed by atoms with Crippen molar-refractivity contribution in [3.63, 3.8) is 0 Å². The van der Waals surface area contributed by atoms with Gasteiger partial charge < -0.3 is 9.64 Å². The Morgan fingerprint density at radius 3 is 2.67 bits per heavy atom.